The Kier molecular flexibility index (Phi) is 4.70. The highest BCUT2D eigenvalue weighted by Crippen LogP contribution is 2.28. The van der Waals surface area contributed by atoms with Crippen molar-refractivity contribution >= 4 is 11.7 Å². The van der Waals surface area contributed by atoms with Crippen molar-refractivity contribution in [3.63, 3.8) is 0 Å². The Morgan fingerprint density at radius 1 is 1.33 bits per heavy atom. The number of hydrogen-bond donors (Lipinski definition) is 0. The van der Waals surface area contributed by atoms with E-state index in [9.17, 15) is 9.59 Å². The minimum Gasteiger partial charge on any atom is -0.475 e. The Hall–Kier alpha value is -2.64. The second-order valence-electron chi connectivity index (χ2n) is 4.92. The van der Waals surface area contributed by atoms with Gasteiger partial charge in [-0.25, -0.2) is 4.79 Å². The zero-order valence-electron chi connectivity index (χ0n) is 11.8. The lowest BCUT2D eigenvalue weighted by molar-refractivity contribution is 0.102. The normalized spacial score (nSPS) is 20.7. The van der Waals surface area contributed by atoms with Crippen molar-refractivity contribution < 1.29 is 14.3 Å². The molecule has 0 amide bonds. The molecule has 1 unspecified atom stereocenters. The summed E-state index contributed by atoms with van der Waals surface area (Å²) >= 11 is 0. The lowest BCUT2D eigenvalue weighted by atomic mass is 9.89. The highest BCUT2D eigenvalue weighted by Gasteiger charge is 2.27. The molecule has 0 radical (unpaired) electrons. The van der Waals surface area contributed by atoms with Gasteiger partial charge < -0.3 is 4.74 Å². The number of hydrogen-bond acceptors (Lipinski definition) is 3. The molecule has 106 valence electrons. The molecule has 0 spiro atoms. The number of rotatable bonds is 5. The molecule has 1 aromatic rings. The van der Waals surface area contributed by atoms with Crippen molar-refractivity contribution in [2.75, 3.05) is 0 Å². The van der Waals surface area contributed by atoms with Gasteiger partial charge in [0.2, 0.25) is 0 Å². The van der Waals surface area contributed by atoms with E-state index in [1.54, 1.807) is 24.2 Å². The molecule has 0 N–H and O–H groups in total. The van der Waals surface area contributed by atoms with E-state index >= 15 is 0 Å². The lowest BCUT2D eigenvalue weighted by Crippen LogP contribution is -2.28. The Balaban J connectivity index is 2.21. The van der Waals surface area contributed by atoms with Crippen LogP contribution in [0.25, 0.3) is 0 Å². The summed E-state index contributed by atoms with van der Waals surface area (Å²) in [5.41, 5.74) is 0.913. The highest BCUT2D eigenvalue weighted by molar-refractivity contribution is 6.04. The number of carbonyl (C=O) groups is 1. The van der Waals surface area contributed by atoms with Gasteiger partial charge in [0.25, 0.3) is 0 Å². The predicted octanol–water partition coefficient (Wildman–Crippen LogP) is 3.43. The van der Waals surface area contributed by atoms with E-state index in [2.05, 4.69) is 0 Å². The van der Waals surface area contributed by atoms with Crippen LogP contribution in [0.2, 0.25) is 0 Å². The average molecular weight is 280 g/mol. The van der Waals surface area contributed by atoms with Crippen molar-refractivity contribution in [2.24, 2.45) is 0 Å². The van der Waals surface area contributed by atoms with Crippen LogP contribution in [0.5, 0.6) is 0 Å². The maximum atomic E-state index is 12.1. The fourth-order valence-corrected chi connectivity index (χ4v) is 2.21. The van der Waals surface area contributed by atoms with Crippen LogP contribution in [-0.4, -0.2) is 17.3 Å². The summed E-state index contributed by atoms with van der Waals surface area (Å²) in [7, 11) is 0. The molecule has 3 heteroatoms. The second-order valence-corrected chi connectivity index (χ2v) is 4.92. The Morgan fingerprint density at radius 3 is 2.76 bits per heavy atom. The summed E-state index contributed by atoms with van der Waals surface area (Å²) in [5.74, 6) is 1.50. The number of benzene rings is 1. The second kappa shape index (κ2) is 6.69. The van der Waals surface area contributed by atoms with E-state index in [1.165, 1.54) is 6.08 Å². The predicted molar refractivity (Wildman–Crippen MR) is 81.5 cm³/mol. The van der Waals surface area contributed by atoms with Crippen molar-refractivity contribution in [2.45, 2.75) is 18.9 Å². The van der Waals surface area contributed by atoms with E-state index in [0.29, 0.717) is 12.0 Å². The van der Waals surface area contributed by atoms with Crippen LogP contribution in [0.15, 0.2) is 72.5 Å². The van der Waals surface area contributed by atoms with E-state index < -0.39 is 5.60 Å². The Bertz CT molecular complexity index is 642. The number of ether oxygens (including phenoxy) is 1. The molecule has 0 heterocycles. The molecule has 3 nitrogen and oxygen atoms in total. The molecule has 1 aliphatic rings. The Labute approximate surface area is 123 Å². The minimum absolute atomic E-state index is 0.103. The summed E-state index contributed by atoms with van der Waals surface area (Å²) in [4.78, 5) is 22.5. The maximum absolute atomic E-state index is 12.1. The summed E-state index contributed by atoms with van der Waals surface area (Å²) in [6.45, 7) is 1.97. The SMILES string of the molecule is CC1=CC=CC(C=CC(=O)c2ccccc2)(OC=C=O)C1. The Morgan fingerprint density at radius 2 is 2.10 bits per heavy atom. The molecule has 0 bridgehead atoms. The zero-order chi connectivity index (χ0) is 15.1. The third-order valence-electron chi connectivity index (χ3n) is 3.22. The molecule has 0 saturated heterocycles. The minimum atomic E-state index is -0.805. The van der Waals surface area contributed by atoms with E-state index in [-0.39, 0.29) is 5.78 Å². The van der Waals surface area contributed by atoms with Crippen LogP contribution in [0.1, 0.15) is 23.7 Å². The highest BCUT2D eigenvalue weighted by atomic mass is 16.5. The van der Waals surface area contributed by atoms with Crippen LogP contribution in [0, 0.1) is 0 Å². The molecule has 0 aliphatic heterocycles. The van der Waals surface area contributed by atoms with Gasteiger partial charge in [-0.05, 0) is 25.2 Å². The average Bonchev–Trinajstić information content (AvgIpc) is 2.52. The van der Waals surface area contributed by atoms with Gasteiger partial charge >= 0.3 is 0 Å². The van der Waals surface area contributed by atoms with Gasteiger partial charge in [0.15, 0.2) is 18.0 Å². The van der Waals surface area contributed by atoms with Crippen molar-refractivity contribution in [3.05, 3.63) is 78.1 Å². The smallest absolute Gasteiger partial charge is 0.185 e. The van der Waals surface area contributed by atoms with Crippen molar-refractivity contribution in [1.82, 2.24) is 0 Å². The van der Waals surface area contributed by atoms with Crippen LogP contribution in [0.4, 0.5) is 0 Å². The molecule has 21 heavy (non-hydrogen) atoms. The molecule has 2 rings (SSSR count). The molecule has 1 aliphatic carbocycles. The number of allylic oxidation sites excluding steroid dienone is 3. The van der Waals surface area contributed by atoms with E-state index in [0.717, 1.165) is 11.8 Å². The molecule has 0 aromatic heterocycles. The first-order valence-electron chi connectivity index (χ1n) is 6.66. The first kappa shape index (κ1) is 14.8. The van der Waals surface area contributed by atoms with Gasteiger partial charge in [0.1, 0.15) is 5.60 Å². The van der Waals surface area contributed by atoms with Crippen LogP contribution < -0.4 is 0 Å². The topological polar surface area (TPSA) is 43.4 Å². The fourth-order valence-electron chi connectivity index (χ4n) is 2.21. The summed E-state index contributed by atoms with van der Waals surface area (Å²) in [6, 6.07) is 9.00. The van der Waals surface area contributed by atoms with E-state index in [1.807, 2.05) is 43.4 Å². The maximum Gasteiger partial charge on any atom is 0.185 e. The quantitative estimate of drug-likeness (QED) is 0.359. The summed E-state index contributed by atoms with van der Waals surface area (Å²) in [6.07, 6.45) is 10.4. The fraction of sp³-hybridized carbons (Fsp3) is 0.167. The van der Waals surface area contributed by atoms with Gasteiger partial charge in [-0.15, -0.1) is 0 Å². The standard InChI is InChI=1S/C18H16O3/c1-15-6-5-10-18(14-15,21-13-12-19)11-9-17(20)16-7-3-2-4-8-16/h2-11,13H,14H2,1H3. The van der Waals surface area contributed by atoms with Crippen LogP contribution in [0.3, 0.4) is 0 Å². The lowest BCUT2D eigenvalue weighted by Gasteiger charge is -2.28. The van der Waals surface area contributed by atoms with Gasteiger partial charge in [-0.2, -0.15) is 0 Å². The van der Waals surface area contributed by atoms with Crippen molar-refractivity contribution in [1.29, 1.82) is 0 Å². The molecular formula is C18H16O3. The largest absolute Gasteiger partial charge is 0.475 e. The molecule has 1 atom stereocenters. The first-order valence-corrected chi connectivity index (χ1v) is 6.66. The van der Waals surface area contributed by atoms with Crippen LogP contribution in [-0.2, 0) is 9.53 Å². The van der Waals surface area contributed by atoms with Gasteiger partial charge in [0, 0.05) is 12.0 Å². The van der Waals surface area contributed by atoms with Gasteiger partial charge in [-0.3, -0.25) is 4.79 Å². The number of ketones is 1. The molecule has 1 aromatic carbocycles. The first-order chi connectivity index (χ1) is 10.2. The van der Waals surface area contributed by atoms with E-state index in [4.69, 9.17) is 4.74 Å². The third-order valence-corrected chi connectivity index (χ3v) is 3.22. The molecular weight excluding hydrogens is 264 g/mol. The van der Waals surface area contributed by atoms with Gasteiger partial charge in [-0.1, -0.05) is 48.1 Å². The summed E-state index contributed by atoms with van der Waals surface area (Å²) in [5, 5.41) is 0. The molecule has 0 saturated carbocycles. The summed E-state index contributed by atoms with van der Waals surface area (Å²) < 4.78 is 5.46. The third kappa shape index (κ3) is 3.91. The van der Waals surface area contributed by atoms with Crippen molar-refractivity contribution in [3.8, 4) is 0 Å². The van der Waals surface area contributed by atoms with Crippen LogP contribution >= 0.6 is 0 Å². The number of carbonyl (C=O) groups excluding carboxylic acids is 2. The van der Waals surface area contributed by atoms with Gasteiger partial charge in [0.05, 0.1) is 0 Å². The molecule has 0 fully saturated rings. The monoisotopic (exact) mass is 280 g/mol. The zero-order valence-corrected chi connectivity index (χ0v) is 11.8.